The summed E-state index contributed by atoms with van der Waals surface area (Å²) < 4.78 is 0. The van der Waals surface area contributed by atoms with Crippen molar-refractivity contribution < 1.29 is 4.92 Å². The van der Waals surface area contributed by atoms with Crippen molar-refractivity contribution in [2.45, 2.75) is 26.2 Å². The molecule has 0 amide bonds. The Morgan fingerprint density at radius 1 is 1.29 bits per heavy atom. The number of benzene rings is 2. The van der Waals surface area contributed by atoms with E-state index in [1.165, 1.54) is 5.56 Å². The number of nitro groups is 1. The fraction of sp³-hybridized carbons (Fsp3) is 0.263. The summed E-state index contributed by atoms with van der Waals surface area (Å²) in [4.78, 5) is 11.0. The molecule has 2 rings (SSSR count). The third-order valence-electron chi connectivity index (χ3n) is 3.89. The lowest BCUT2D eigenvalue weighted by atomic mass is 10.0. The minimum atomic E-state index is -0.340. The molecule has 0 fully saturated rings. The summed E-state index contributed by atoms with van der Waals surface area (Å²) in [6, 6.07) is 11.2. The number of aryl methyl sites for hydroxylation is 2. The fourth-order valence-electron chi connectivity index (χ4n) is 2.57. The summed E-state index contributed by atoms with van der Waals surface area (Å²) in [7, 11) is 0. The van der Waals surface area contributed by atoms with Gasteiger partial charge in [0.15, 0.2) is 0 Å². The topological polar surface area (TPSA) is 55.2 Å². The van der Waals surface area contributed by atoms with Crippen molar-refractivity contribution in [2.75, 3.05) is 11.9 Å². The van der Waals surface area contributed by atoms with Crippen LogP contribution in [0.15, 0.2) is 49.1 Å². The first-order chi connectivity index (χ1) is 11.5. The van der Waals surface area contributed by atoms with Gasteiger partial charge in [-0.3, -0.25) is 10.1 Å². The van der Waals surface area contributed by atoms with Crippen LogP contribution in [0, 0.1) is 17.0 Å². The molecule has 2 aromatic rings. The zero-order valence-electron chi connectivity index (χ0n) is 13.7. The third-order valence-corrected chi connectivity index (χ3v) is 4.14. The molecule has 0 atom stereocenters. The van der Waals surface area contributed by atoms with E-state index < -0.39 is 0 Å². The van der Waals surface area contributed by atoms with Crippen molar-refractivity contribution in [3.63, 3.8) is 0 Å². The summed E-state index contributed by atoms with van der Waals surface area (Å²) in [5.41, 5.74) is 3.85. The van der Waals surface area contributed by atoms with E-state index in [9.17, 15) is 10.1 Å². The zero-order chi connectivity index (χ0) is 17.5. The van der Waals surface area contributed by atoms with Crippen LogP contribution in [-0.2, 0) is 12.8 Å². The van der Waals surface area contributed by atoms with Gasteiger partial charge < -0.3 is 5.32 Å². The lowest BCUT2D eigenvalue weighted by Gasteiger charge is -2.11. The van der Waals surface area contributed by atoms with Crippen LogP contribution in [0.5, 0.6) is 0 Å². The van der Waals surface area contributed by atoms with E-state index in [4.69, 9.17) is 11.6 Å². The number of allylic oxidation sites excluding steroid dienone is 1. The van der Waals surface area contributed by atoms with Crippen molar-refractivity contribution in [3.8, 4) is 0 Å². The van der Waals surface area contributed by atoms with Gasteiger partial charge in [0.2, 0.25) is 0 Å². The Balaban J connectivity index is 2.00. The van der Waals surface area contributed by atoms with Crippen LogP contribution >= 0.6 is 11.6 Å². The van der Waals surface area contributed by atoms with E-state index in [1.807, 2.05) is 37.3 Å². The lowest BCUT2D eigenvalue weighted by Crippen LogP contribution is -2.06. The van der Waals surface area contributed by atoms with Gasteiger partial charge in [0.05, 0.1) is 4.92 Å². The normalized spacial score (nSPS) is 10.4. The van der Waals surface area contributed by atoms with E-state index in [0.717, 1.165) is 29.0 Å². The van der Waals surface area contributed by atoms with E-state index in [2.05, 4.69) is 11.9 Å². The molecule has 5 heteroatoms. The van der Waals surface area contributed by atoms with Crippen molar-refractivity contribution in [1.29, 1.82) is 0 Å². The van der Waals surface area contributed by atoms with Gasteiger partial charge in [-0.25, -0.2) is 0 Å². The number of halogens is 1. The molecule has 0 radical (unpaired) electrons. The number of anilines is 1. The molecule has 0 aromatic heterocycles. The van der Waals surface area contributed by atoms with Crippen molar-refractivity contribution in [1.82, 2.24) is 0 Å². The molecule has 2 aromatic carbocycles. The summed E-state index contributed by atoms with van der Waals surface area (Å²) in [6.45, 7) is 6.33. The van der Waals surface area contributed by atoms with Crippen LogP contribution in [0.4, 0.5) is 11.4 Å². The summed E-state index contributed by atoms with van der Waals surface area (Å²) >= 11 is 5.87. The van der Waals surface area contributed by atoms with E-state index in [1.54, 1.807) is 12.1 Å². The Morgan fingerprint density at radius 3 is 2.62 bits per heavy atom. The van der Waals surface area contributed by atoms with Gasteiger partial charge in [-0.2, -0.15) is 0 Å². The van der Waals surface area contributed by atoms with E-state index in [-0.39, 0.29) is 10.6 Å². The van der Waals surface area contributed by atoms with Gasteiger partial charge in [-0.1, -0.05) is 29.8 Å². The molecule has 24 heavy (non-hydrogen) atoms. The molecule has 0 heterocycles. The number of hydrogen-bond acceptors (Lipinski definition) is 3. The Morgan fingerprint density at radius 2 is 2.00 bits per heavy atom. The van der Waals surface area contributed by atoms with Crippen LogP contribution in [-0.4, -0.2) is 11.5 Å². The summed E-state index contributed by atoms with van der Waals surface area (Å²) in [5, 5.41) is 15.2. The number of nitrogens with zero attached hydrogens (tertiary/aromatic N) is 1. The Kier molecular flexibility index (Phi) is 6.38. The summed E-state index contributed by atoms with van der Waals surface area (Å²) in [5.74, 6) is 0. The second-order valence-electron chi connectivity index (χ2n) is 5.70. The smallest absolute Gasteiger partial charge is 0.292 e. The maximum atomic E-state index is 11.3. The van der Waals surface area contributed by atoms with Crippen molar-refractivity contribution in [2.24, 2.45) is 0 Å². The van der Waals surface area contributed by atoms with Gasteiger partial charge in [0.1, 0.15) is 5.69 Å². The van der Waals surface area contributed by atoms with Gasteiger partial charge in [-0.15, -0.1) is 6.58 Å². The average Bonchev–Trinajstić information content (AvgIpc) is 2.55. The molecular formula is C19H21ClN2O2. The molecule has 0 aliphatic carbocycles. The SMILES string of the molecule is C=CCc1cc([N+](=O)[O-])c(NCCCc2ccc(Cl)cc2)cc1C. The number of rotatable bonds is 8. The first-order valence-electron chi connectivity index (χ1n) is 7.88. The monoisotopic (exact) mass is 344 g/mol. The first kappa shape index (κ1) is 18.0. The molecule has 126 valence electrons. The van der Waals surface area contributed by atoms with Gasteiger partial charge in [-0.05, 0) is 61.1 Å². The minimum Gasteiger partial charge on any atom is -0.379 e. The molecule has 0 aliphatic rings. The van der Waals surface area contributed by atoms with Crippen LogP contribution in [0.1, 0.15) is 23.1 Å². The largest absolute Gasteiger partial charge is 0.379 e. The van der Waals surface area contributed by atoms with Crippen LogP contribution in [0.3, 0.4) is 0 Å². The third kappa shape index (κ3) is 4.83. The molecule has 0 saturated heterocycles. The minimum absolute atomic E-state index is 0.115. The van der Waals surface area contributed by atoms with Crippen LogP contribution < -0.4 is 5.32 Å². The second kappa shape index (κ2) is 8.50. The highest BCUT2D eigenvalue weighted by Crippen LogP contribution is 2.28. The first-order valence-corrected chi connectivity index (χ1v) is 8.26. The number of hydrogen-bond donors (Lipinski definition) is 1. The highest BCUT2D eigenvalue weighted by molar-refractivity contribution is 6.30. The predicted molar refractivity (Wildman–Crippen MR) is 100.0 cm³/mol. The highest BCUT2D eigenvalue weighted by Gasteiger charge is 2.16. The maximum absolute atomic E-state index is 11.3. The highest BCUT2D eigenvalue weighted by atomic mass is 35.5. The molecule has 1 N–H and O–H groups in total. The quantitative estimate of drug-likeness (QED) is 0.305. The van der Waals surface area contributed by atoms with Gasteiger partial charge in [0.25, 0.3) is 5.69 Å². The molecule has 0 unspecified atom stereocenters. The average molecular weight is 345 g/mol. The summed E-state index contributed by atoms with van der Waals surface area (Å²) in [6.07, 6.45) is 4.16. The van der Waals surface area contributed by atoms with Gasteiger partial charge >= 0.3 is 0 Å². The molecule has 0 spiro atoms. The maximum Gasteiger partial charge on any atom is 0.292 e. The molecule has 0 saturated carbocycles. The predicted octanol–water partition coefficient (Wildman–Crippen LogP) is 5.33. The second-order valence-corrected chi connectivity index (χ2v) is 6.14. The lowest BCUT2D eigenvalue weighted by molar-refractivity contribution is -0.384. The molecule has 4 nitrogen and oxygen atoms in total. The Bertz CT molecular complexity index is 727. The standard InChI is InChI=1S/C19H21ClN2O2/c1-3-5-16-13-19(22(23)24)18(12-14(16)2)21-11-4-6-15-7-9-17(20)10-8-15/h3,7-10,12-13,21H,1,4-6,11H2,2H3. The van der Waals surface area contributed by atoms with Crippen molar-refractivity contribution in [3.05, 3.63) is 80.9 Å². The van der Waals surface area contributed by atoms with Crippen LogP contribution in [0.25, 0.3) is 0 Å². The Labute approximate surface area is 147 Å². The zero-order valence-corrected chi connectivity index (χ0v) is 14.5. The molecule has 0 aliphatic heterocycles. The van der Waals surface area contributed by atoms with Gasteiger partial charge in [0, 0.05) is 17.6 Å². The fourth-order valence-corrected chi connectivity index (χ4v) is 2.70. The number of nitro benzene ring substituents is 1. The molecule has 0 bridgehead atoms. The van der Waals surface area contributed by atoms with Crippen LogP contribution in [0.2, 0.25) is 5.02 Å². The van der Waals surface area contributed by atoms with E-state index in [0.29, 0.717) is 18.7 Å². The van der Waals surface area contributed by atoms with Crippen molar-refractivity contribution >= 4 is 23.0 Å². The Hall–Kier alpha value is -2.33. The number of nitrogens with one attached hydrogen (secondary N) is 1. The molecular weight excluding hydrogens is 324 g/mol. The van der Waals surface area contributed by atoms with E-state index >= 15 is 0 Å².